The average Bonchev–Trinajstić information content (AvgIpc) is 1.52. The summed E-state index contributed by atoms with van der Waals surface area (Å²) in [5, 5.41) is 12.3. The summed E-state index contributed by atoms with van der Waals surface area (Å²) in [4.78, 5) is 17.8. The molecule has 25 heteroatoms. The molecule has 1 unspecified atom stereocenters. The van der Waals surface area contributed by atoms with Gasteiger partial charge in [0.1, 0.15) is 15.7 Å². The molecular formula is C96H81Br4F9N10OSn. The van der Waals surface area contributed by atoms with Crippen LogP contribution in [0.1, 0.15) is 151 Å². The Balaban J connectivity index is 0.000000128. The zero-order valence-corrected chi connectivity index (χ0v) is 75.2. The van der Waals surface area contributed by atoms with E-state index >= 15 is 0 Å². The Morgan fingerprint density at radius 3 is 1.22 bits per heavy atom. The van der Waals surface area contributed by atoms with Crippen molar-refractivity contribution in [3.8, 4) is 56.3 Å². The predicted octanol–water partition coefficient (Wildman–Crippen LogP) is 27.7. The number of benzene rings is 7. The summed E-state index contributed by atoms with van der Waals surface area (Å²) in [6.07, 6.45) is 10.6. The SMILES string of the molecule is Brc1ccccn1.CCC[CH2][Sn]([CH2]CC)([CH2]CCC)[c]1ccccn1.FC(F)(F)c1cc(-c2ccccc2Br)n(C2CCCCO2)n1.FC(F)(F)c1cc2n(n1)C1(c3cc(-c4ccccn4)ccc3C=Cc3ccc(-c4ccccn4)cc31)c1ccccc1-2.FC(F)(F)c1cc2n(n1)C1(c3cc(Br)ccc3C=Cc3ccc(Br)cc31)c1ccccc1-2. The number of nitrogens with zero attached hydrogens (tertiary/aromatic N) is 10. The Kier molecular flexibility index (Phi) is 26.2. The Morgan fingerprint density at radius 2 is 0.818 bits per heavy atom. The van der Waals surface area contributed by atoms with Crippen LogP contribution in [0.25, 0.3) is 80.6 Å². The molecule has 0 N–H and O–H groups in total. The zero-order chi connectivity index (χ0) is 84.9. The van der Waals surface area contributed by atoms with Crippen molar-refractivity contribution in [2.75, 3.05) is 6.61 Å². The van der Waals surface area contributed by atoms with Crippen molar-refractivity contribution in [1.29, 1.82) is 0 Å². The number of rotatable bonds is 13. The zero-order valence-electron chi connectivity index (χ0n) is 66.0. The predicted molar refractivity (Wildman–Crippen MR) is 477 cm³/mol. The Labute approximate surface area is 733 Å². The third kappa shape index (κ3) is 17.6. The number of pyridine rings is 4. The first-order valence-electron chi connectivity index (χ1n) is 40.0. The van der Waals surface area contributed by atoms with E-state index in [1.54, 1.807) is 46.2 Å². The quantitative estimate of drug-likeness (QED) is 0.0637. The number of unbranched alkanes of at least 4 members (excludes halogenated alkanes) is 2. The van der Waals surface area contributed by atoms with E-state index in [4.69, 9.17) is 9.72 Å². The smallest absolute Gasteiger partial charge is 0.356 e. The topological polar surface area (TPSA) is 114 Å². The van der Waals surface area contributed by atoms with Gasteiger partial charge in [-0.1, -0.05) is 193 Å². The molecule has 19 rings (SSSR count). The molecule has 14 aromatic rings. The molecule has 0 bridgehead atoms. The van der Waals surface area contributed by atoms with Gasteiger partial charge in [0, 0.05) is 66.4 Å². The normalized spacial score (nSPS) is 14.7. The van der Waals surface area contributed by atoms with E-state index in [1.165, 1.54) is 53.8 Å². The summed E-state index contributed by atoms with van der Waals surface area (Å²) in [5.74, 6) is 0. The Bertz CT molecular complexity index is 5910. The molecule has 5 aliphatic rings. The maximum atomic E-state index is 14.2. The summed E-state index contributed by atoms with van der Waals surface area (Å²) in [6.45, 7) is 7.54. The molecule has 0 saturated carbocycles. The molecule has 616 valence electrons. The monoisotopic (exact) mass is 2000 g/mol. The first-order valence-corrected chi connectivity index (χ1v) is 50.7. The molecule has 7 aromatic heterocycles. The molecule has 2 aliphatic carbocycles. The van der Waals surface area contributed by atoms with Crippen molar-refractivity contribution >= 4 is 110 Å². The van der Waals surface area contributed by atoms with Crippen molar-refractivity contribution < 1.29 is 44.3 Å². The second-order valence-electron chi connectivity index (χ2n) is 30.1. The number of fused-ring (bicyclic) bond motifs is 18. The first-order chi connectivity index (χ1) is 58.4. The van der Waals surface area contributed by atoms with Crippen LogP contribution in [0.2, 0.25) is 13.3 Å². The van der Waals surface area contributed by atoms with E-state index < -0.39 is 71.3 Å². The maximum Gasteiger partial charge on any atom is 0.435 e. The van der Waals surface area contributed by atoms with Gasteiger partial charge in [0.25, 0.3) is 0 Å². The number of ether oxygens (including phenoxy) is 1. The van der Waals surface area contributed by atoms with E-state index in [-0.39, 0.29) is 0 Å². The van der Waals surface area contributed by atoms with Crippen LogP contribution in [0, 0.1) is 0 Å². The standard InChI is InChI=1S/C35H21F3N4.C25H13Br2F3N2.C15H14BrF3N2O.C5H4BrN.C5H4N.2C4H9.C3H7.Sn/c36-35(37,38)33-21-32-26-7-1-2-8-27(26)34(42(32)41-33)28-19-24(30-9-3-5-17-39-30)15-13-22(28)11-12-23-14-16-25(20-29(23)34)31-10-4-6-18-40-31;26-16-9-7-14-5-6-15-8-10-17(27)12-21(15)24(20(14)11-16)19-4-2-1-3-18(19)22-13-23(25(28,29)30)31-32(22)24;16-11-6-2-1-5-10(11)12-9-13(15(17,18)19)20-21(12)14-7-3-4-8-22-14;6-5-3-1-2-4-7-5;1-2-4-6-5-3-1;2*1-3-4-2;1-3-2;/h1-21H;1-13H;1-2,5-6,9,14H,3-4,7-8H2;1-4H;1-4H;2*1,3-4H2,2H3;1,3H2,2H3;. The minimum absolute atomic E-state index is 0.409. The van der Waals surface area contributed by atoms with Gasteiger partial charge in [0.05, 0.1) is 28.5 Å². The summed E-state index contributed by atoms with van der Waals surface area (Å²) in [7, 11) is 0. The number of hydrogen-bond acceptors (Lipinski definition) is 8. The maximum absolute atomic E-state index is 14.2. The third-order valence-corrected chi connectivity index (χ3v) is 40.2. The van der Waals surface area contributed by atoms with Gasteiger partial charge in [-0.15, -0.1) is 0 Å². The molecule has 1 fully saturated rings. The molecule has 10 heterocycles. The van der Waals surface area contributed by atoms with Crippen LogP contribution >= 0.6 is 63.7 Å². The van der Waals surface area contributed by atoms with Crippen LogP contribution < -0.4 is 3.71 Å². The molecule has 11 nitrogen and oxygen atoms in total. The molecule has 1 atom stereocenters. The minimum atomic E-state index is -4.60. The molecule has 1 saturated heterocycles. The Hall–Kier alpha value is -9.70. The van der Waals surface area contributed by atoms with Crippen LogP contribution in [-0.2, 0) is 34.3 Å². The van der Waals surface area contributed by atoms with Gasteiger partial charge in [-0.3, -0.25) is 9.97 Å². The van der Waals surface area contributed by atoms with Gasteiger partial charge >= 0.3 is 136 Å². The second-order valence-corrected chi connectivity index (χ2v) is 46.6. The summed E-state index contributed by atoms with van der Waals surface area (Å²) in [5.41, 5.74) is 10.5. The van der Waals surface area contributed by atoms with Crippen LogP contribution in [0.4, 0.5) is 39.5 Å². The number of hydrogen-bond donors (Lipinski definition) is 0. The molecule has 3 aliphatic heterocycles. The van der Waals surface area contributed by atoms with E-state index in [1.807, 2.05) is 212 Å². The molecule has 2 spiro atoms. The van der Waals surface area contributed by atoms with E-state index in [0.717, 1.165) is 133 Å². The fraction of sp³-hybridized carbons (Fsp3) is 0.219. The fourth-order valence-corrected chi connectivity index (χ4v) is 33.8. The molecular weight excluding hydrogens is 1920 g/mol. The summed E-state index contributed by atoms with van der Waals surface area (Å²) >= 11 is 11.6. The van der Waals surface area contributed by atoms with Gasteiger partial charge in [0.15, 0.2) is 23.3 Å². The van der Waals surface area contributed by atoms with Crippen LogP contribution in [0.15, 0.2) is 279 Å². The molecule has 0 radical (unpaired) electrons. The van der Waals surface area contributed by atoms with Gasteiger partial charge in [0.2, 0.25) is 0 Å². The van der Waals surface area contributed by atoms with Crippen molar-refractivity contribution in [2.24, 2.45) is 0 Å². The van der Waals surface area contributed by atoms with E-state index in [0.29, 0.717) is 41.2 Å². The van der Waals surface area contributed by atoms with Crippen molar-refractivity contribution in [2.45, 2.75) is 121 Å². The molecule has 7 aromatic carbocycles. The number of aromatic nitrogens is 10. The van der Waals surface area contributed by atoms with E-state index in [2.05, 4.69) is 133 Å². The van der Waals surface area contributed by atoms with Crippen molar-refractivity contribution in [1.82, 2.24) is 49.3 Å². The van der Waals surface area contributed by atoms with Crippen molar-refractivity contribution in [3.05, 3.63) is 352 Å². The third-order valence-electron chi connectivity index (χ3n) is 22.5. The largest absolute Gasteiger partial charge is 0.435 e. The molecule has 121 heavy (non-hydrogen) atoms. The van der Waals surface area contributed by atoms with Gasteiger partial charge in [-0.2, -0.15) is 54.8 Å². The van der Waals surface area contributed by atoms with E-state index in [9.17, 15) is 39.5 Å². The summed E-state index contributed by atoms with van der Waals surface area (Å²) < 4.78 is 143. The van der Waals surface area contributed by atoms with Gasteiger partial charge in [-0.05, 0) is 188 Å². The van der Waals surface area contributed by atoms with Gasteiger partial charge < -0.3 is 4.74 Å². The van der Waals surface area contributed by atoms with Gasteiger partial charge in [-0.25, -0.2) is 19.0 Å². The number of halogens is 13. The average molecular weight is 2000 g/mol. The summed E-state index contributed by atoms with van der Waals surface area (Å²) in [6, 6.07) is 73.5. The van der Waals surface area contributed by atoms with Crippen LogP contribution in [0.5, 0.6) is 0 Å². The van der Waals surface area contributed by atoms with Crippen LogP contribution in [-0.4, -0.2) is 74.3 Å². The first kappa shape index (κ1) is 86.2. The number of alkyl halides is 9. The molecule has 0 amide bonds. The van der Waals surface area contributed by atoms with Crippen LogP contribution in [0.3, 0.4) is 0 Å². The minimum Gasteiger partial charge on any atom is -0.356 e. The second kappa shape index (κ2) is 36.8. The van der Waals surface area contributed by atoms with Crippen molar-refractivity contribution in [3.63, 3.8) is 0 Å². The Morgan fingerprint density at radius 1 is 0.397 bits per heavy atom. The fourth-order valence-electron chi connectivity index (χ4n) is 17.1.